The van der Waals surface area contributed by atoms with Crippen molar-refractivity contribution in [2.75, 3.05) is 32.6 Å². The van der Waals surface area contributed by atoms with Crippen LogP contribution in [-0.4, -0.2) is 49.6 Å². The number of rotatable bonds is 4. The van der Waals surface area contributed by atoms with E-state index in [0.717, 1.165) is 12.8 Å². The molecule has 78 valence electrons. The van der Waals surface area contributed by atoms with Crippen molar-refractivity contribution >= 4 is 21.8 Å². The lowest BCUT2D eigenvalue weighted by Gasteiger charge is -2.22. The van der Waals surface area contributed by atoms with Gasteiger partial charge in [-0.1, -0.05) is 0 Å². The summed E-state index contributed by atoms with van der Waals surface area (Å²) in [6.45, 7) is 1.67. The van der Waals surface area contributed by atoms with Crippen LogP contribution < -0.4 is 0 Å². The van der Waals surface area contributed by atoms with Gasteiger partial charge < -0.3 is 0 Å². The highest BCUT2D eigenvalue weighted by Gasteiger charge is 2.28. The van der Waals surface area contributed by atoms with E-state index in [9.17, 15) is 8.42 Å². The Bertz CT molecular complexity index is 249. The summed E-state index contributed by atoms with van der Waals surface area (Å²) < 4.78 is 26.3. The summed E-state index contributed by atoms with van der Waals surface area (Å²) in [6, 6.07) is 0. The Hall–Kier alpha value is 0.160. The van der Waals surface area contributed by atoms with Crippen LogP contribution in [0.15, 0.2) is 0 Å². The molecule has 1 rings (SSSR count). The van der Waals surface area contributed by atoms with Gasteiger partial charge in [-0.05, 0) is 12.8 Å². The van der Waals surface area contributed by atoms with Gasteiger partial charge >= 0.3 is 0 Å². The molecular weight excluding hydrogens is 212 g/mol. The van der Waals surface area contributed by atoms with Crippen LogP contribution in [0.1, 0.15) is 12.8 Å². The monoisotopic (exact) mass is 226 g/mol. The molecule has 0 radical (unpaired) electrons. The van der Waals surface area contributed by atoms with Crippen LogP contribution in [0.3, 0.4) is 0 Å². The van der Waals surface area contributed by atoms with Crippen molar-refractivity contribution in [1.82, 2.24) is 8.61 Å². The summed E-state index contributed by atoms with van der Waals surface area (Å²) in [6.07, 6.45) is 1.93. The molecule has 0 bridgehead atoms. The molecule has 13 heavy (non-hydrogen) atoms. The van der Waals surface area contributed by atoms with Crippen LogP contribution >= 0.6 is 11.6 Å². The Kier molecular flexibility index (Phi) is 3.97. The summed E-state index contributed by atoms with van der Waals surface area (Å²) in [5.74, 6) is 0.337. The maximum Gasteiger partial charge on any atom is 0.281 e. The summed E-state index contributed by atoms with van der Waals surface area (Å²) in [7, 11) is -1.65. The molecule has 4 nitrogen and oxygen atoms in total. The molecule has 0 amide bonds. The molecule has 1 aliphatic heterocycles. The molecule has 0 aromatic carbocycles. The Morgan fingerprint density at radius 1 is 1.38 bits per heavy atom. The van der Waals surface area contributed by atoms with Gasteiger partial charge in [-0.15, -0.1) is 11.6 Å². The molecule has 0 aromatic rings. The average molecular weight is 227 g/mol. The SMILES string of the molecule is CN(CCCl)S(=O)(=O)N1CCCC1. The van der Waals surface area contributed by atoms with E-state index >= 15 is 0 Å². The lowest BCUT2D eigenvalue weighted by molar-refractivity contribution is 0.404. The second-order valence-corrected chi connectivity index (χ2v) is 5.54. The van der Waals surface area contributed by atoms with Gasteiger partial charge in [-0.2, -0.15) is 17.0 Å². The zero-order chi connectivity index (χ0) is 9.90. The molecule has 1 aliphatic rings. The van der Waals surface area contributed by atoms with E-state index in [1.807, 2.05) is 0 Å². The second-order valence-electron chi connectivity index (χ2n) is 3.12. The first-order chi connectivity index (χ1) is 6.09. The molecule has 1 saturated heterocycles. The third-order valence-electron chi connectivity index (χ3n) is 2.18. The van der Waals surface area contributed by atoms with Gasteiger partial charge in [0.2, 0.25) is 0 Å². The number of hydrogen-bond donors (Lipinski definition) is 0. The molecule has 6 heteroatoms. The first-order valence-electron chi connectivity index (χ1n) is 4.36. The lowest BCUT2D eigenvalue weighted by atomic mass is 10.4. The van der Waals surface area contributed by atoms with Crippen LogP contribution in [-0.2, 0) is 10.2 Å². The van der Waals surface area contributed by atoms with Crippen LogP contribution in [0.2, 0.25) is 0 Å². The summed E-state index contributed by atoms with van der Waals surface area (Å²) in [5.41, 5.74) is 0. The largest absolute Gasteiger partial charge is 0.281 e. The average Bonchev–Trinajstić information content (AvgIpc) is 2.56. The zero-order valence-corrected chi connectivity index (χ0v) is 9.31. The van der Waals surface area contributed by atoms with E-state index in [4.69, 9.17) is 11.6 Å². The van der Waals surface area contributed by atoms with Crippen molar-refractivity contribution < 1.29 is 8.42 Å². The van der Waals surface area contributed by atoms with Gasteiger partial charge in [0.15, 0.2) is 0 Å². The van der Waals surface area contributed by atoms with Gasteiger partial charge in [0, 0.05) is 32.6 Å². The topological polar surface area (TPSA) is 40.6 Å². The minimum absolute atomic E-state index is 0.337. The standard InChI is InChI=1S/C7H15ClN2O2S/c1-9(7-4-8)13(11,12)10-5-2-3-6-10/h2-7H2,1H3. The molecule has 0 spiro atoms. The molecule has 0 saturated carbocycles. The van der Waals surface area contributed by atoms with E-state index in [1.54, 1.807) is 7.05 Å². The zero-order valence-electron chi connectivity index (χ0n) is 7.74. The molecule has 0 aromatic heterocycles. The summed E-state index contributed by atoms with van der Waals surface area (Å²) in [5, 5.41) is 0. The number of hydrogen-bond acceptors (Lipinski definition) is 2. The summed E-state index contributed by atoms with van der Waals surface area (Å²) >= 11 is 5.48. The minimum Gasteiger partial charge on any atom is -0.195 e. The van der Waals surface area contributed by atoms with Crippen LogP contribution in [0.5, 0.6) is 0 Å². The Morgan fingerprint density at radius 3 is 2.38 bits per heavy atom. The van der Waals surface area contributed by atoms with E-state index in [-0.39, 0.29) is 0 Å². The minimum atomic E-state index is -3.22. The van der Waals surface area contributed by atoms with E-state index in [2.05, 4.69) is 0 Å². The van der Waals surface area contributed by atoms with Gasteiger partial charge in [0.1, 0.15) is 0 Å². The van der Waals surface area contributed by atoms with E-state index < -0.39 is 10.2 Å². The molecule has 1 fully saturated rings. The number of nitrogens with zero attached hydrogens (tertiary/aromatic N) is 2. The van der Waals surface area contributed by atoms with Gasteiger partial charge in [0.05, 0.1) is 0 Å². The van der Waals surface area contributed by atoms with Crippen LogP contribution in [0.25, 0.3) is 0 Å². The van der Waals surface area contributed by atoms with Crippen LogP contribution in [0, 0.1) is 0 Å². The Balaban J connectivity index is 2.63. The maximum atomic E-state index is 11.7. The van der Waals surface area contributed by atoms with E-state index in [1.165, 1.54) is 8.61 Å². The van der Waals surface area contributed by atoms with Crippen molar-refractivity contribution in [2.45, 2.75) is 12.8 Å². The molecule has 0 unspecified atom stereocenters. The molecule has 0 aliphatic carbocycles. The maximum absolute atomic E-state index is 11.7. The fraction of sp³-hybridized carbons (Fsp3) is 1.00. The predicted octanol–water partition coefficient (Wildman–Crippen LogP) is 0.498. The molecular formula is C7H15ClN2O2S. The smallest absolute Gasteiger partial charge is 0.195 e. The van der Waals surface area contributed by atoms with E-state index in [0.29, 0.717) is 25.5 Å². The predicted molar refractivity (Wildman–Crippen MR) is 53.1 cm³/mol. The van der Waals surface area contributed by atoms with Crippen molar-refractivity contribution in [3.63, 3.8) is 0 Å². The van der Waals surface area contributed by atoms with Crippen molar-refractivity contribution in [3.8, 4) is 0 Å². The molecule has 0 atom stereocenters. The Labute approximate surface area is 84.6 Å². The third-order valence-corrected chi connectivity index (χ3v) is 4.34. The highest BCUT2D eigenvalue weighted by atomic mass is 35.5. The second kappa shape index (κ2) is 4.59. The first-order valence-corrected chi connectivity index (χ1v) is 6.29. The summed E-state index contributed by atoms with van der Waals surface area (Å²) in [4.78, 5) is 0. The fourth-order valence-corrected chi connectivity index (χ4v) is 3.14. The van der Waals surface area contributed by atoms with Crippen molar-refractivity contribution in [3.05, 3.63) is 0 Å². The number of halogens is 1. The van der Waals surface area contributed by atoms with Gasteiger partial charge in [-0.3, -0.25) is 0 Å². The normalized spacial score (nSPS) is 19.9. The Morgan fingerprint density at radius 2 is 1.92 bits per heavy atom. The highest BCUT2D eigenvalue weighted by molar-refractivity contribution is 7.86. The van der Waals surface area contributed by atoms with Crippen molar-refractivity contribution in [2.24, 2.45) is 0 Å². The quantitative estimate of drug-likeness (QED) is 0.655. The third kappa shape index (κ3) is 2.56. The highest BCUT2D eigenvalue weighted by Crippen LogP contribution is 2.14. The first kappa shape index (κ1) is 11.2. The van der Waals surface area contributed by atoms with Crippen molar-refractivity contribution in [1.29, 1.82) is 0 Å². The lowest BCUT2D eigenvalue weighted by Crippen LogP contribution is -2.41. The van der Waals surface area contributed by atoms with Gasteiger partial charge in [0.25, 0.3) is 10.2 Å². The molecule has 1 heterocycles. The van der Waals surface area contributed by atoms with Gasteiger partial charge in [-0.25, -0.2) is 0 Å². The van der Waals surface area contributed by atoms with Crippen LogP contribution in [0.4, 0.5) is 0 Å². The molecule has 0 N–H and O–H groups in total. The number of alkyl halides is 1. The fourth-order valence-electron chi connectivity index (χ4n) is 1.35.